The lowest BCUT2D eigenvalue weighted by atomic mass is 10.2. The first kappa shape index (κ1) is 17.2. The molecule has 0 unspecified atom stereocenters. The predicted molar refractivity (Wildman–Crippen MR) is 85.1 cm³/mol. The van der Waals surface area contributed by atoms with Crippen molar-refractivity contribution >= 4 is 21.8 Å². The van der Waals surface area contributed by atoms with Crippen LogP contribution >= 0.6 is 15.9 Å². The zero-order chi connectivity index (χ0) is 15.1. The van der Waals surface area contributed by atoms with E-state index in [9.17, 15) is 4.79 Å². The molecule has 1 amide bonds. The molecule has 1 heterocycles. The number of nitrogens with zero attached hydrogens (tertiary/aromatic N) is 1. The number of halogens is 1. The fourth-order valence-electron chi connectivity index (χ4n) is 1.84. The van der Waals surface area contributed by atoms with Crippen molar-refractivity contribution in [2.24, 2.45) is 5.92 Å². The first-order chi connectivity index (χ1) is 9.41. The Balaban J connectivity index is 2.36. The lowest BCUT2D eigenvalue weighted by molar-refractivity contribution is 0.0915. The molecule has 0 spiro atoms. The van der Waals surface area contributed by atoms with Gasteiger partial charge in [-0.2, -0.15) is 0 Å². The highest BCUT2D eigenvalue weighted by Gasteiger charge is 2.14. The molecule has 1 N–H and O–H groups in total. The molecule has 4 nitrogen and oxygen atoms in total. The Hall–Kier alpha value is -0.810. The van der Waals surface area contributed by atoms with E-state index in [0.717, 1.165) is 17.5 Å². The van der Waals surface area contributed by atoms with Crippen LogP contribution in [0.2, 0.25) is 0 Å². The number of hydrogen-bond donors (Lipinski definition) is 1. The van der Waals surface area contributed by atoms with Gasteiger partial charge in [-0.1, -0.05) is 13.8 Å². The zero-order valence-electron chi connectivity index (χ0n) is 12.8. The molecule has 20 heavy (non-hydrogen) atoms. The van der Waals surface area contributed by atoms with Crippen molar-refractivity contribution in [2.45, 2.75) is 40.2 Å². The summed E-state index contributed by atoms with van der Waals surface area (Å²) in [7, 11) is 0. The second-order valence-corrected chi connectivity index (χ2v) is 6.54. The first-order valence-electron chi connectivity index (χ1n) is 7.15. The Morgan fingerprint density at radius 3 is 2.70 bits per heavy atom. The standard InChI is InChI=1S/C15H25BrN2O2/c1-11(2)10-20-7-5-6-17-15(19)14-8-13(16)9-18(14)12(3)4/h8-9,11-12H,5-7,10H2,1-4H3,(H,17,19). The van der Waals surface area contributed by atoms with Gasteiger partial charge in [0.1, 0.15) is 5.69 Å². The van der Waals surface area contributed by atoms with Gasteiger partial charge in [-0.05, 0) is 48.2 Å². The van der Waals surface area contributed by atoms with E-state index in [4.69, 9.17) is 4.74 Å². The first-order valence-corrected chi connectivity index (χ1v) is 7.94. The molecular weight excluding hydrogens is 320 g/mol. The van der Waals surface area contributed by atoms with Crippen LogP contribution < -0.4 is 5.32 Å². The molecule has 5 heteroatoms. The van der Waals surface area contributed by atoms with E-state index in [1.165, 1.54) is 0 Å². The van der Waals surface area contributed by atoms with Crippen LogP contribution in [0, 0.1) is 5.92 Å². The summed E-state index contributed by atoms with van der Waals surface area (Å²) in [4.78, 5) is 12.1. The summed E-state index contributed by atoms with van der Waals surface area (Å²) >= 11 is 3.41. The second-order valence-electron chi connectivity index (χ2n) is 5.62. The van der Waals surface area contributed by atoms with Gasteiger partial charge in [0.15, 0.2) is 0 Å². The van der Waals surface area contributed by atoms with Crippen LogP contribution in [-0.2, 0) is 4.74 Å². The maximum atomic E-state index is 12.1. The molecule has 0 fully saturated rings. The highest BCUT2D eigenvalue weighted by Crippen LogP contribution is 2.19. The molecule has 0 aliphatic heterocycles. The van der Waals surface area contributed by atoms with Crippen LogP contribution in [0.1, 0.15) is 50.6 Å². The van der Waals surface area contributed by atoms with Gasteiger partial charge in [0.25, 0.3) is 5.91 Å². The Morgan fingerprint density at radius 1 is 1.40 bits per heavy atom. The number of hydrogen-bond acceptors (Lipinski definition) is 2. The molecule has 0 radical (unpaired) electrons. The van der Waals surface area contributed by atoms with Gasteiger partial charge >= 0.3 is 0 Å². The molecule has 1 rings (SSSR count). The second kappa shape index (κ2) is 8.47. The van der Waals surface area contributed by atoms with Crippen molar-refractivity contribution in [3.8, 4) is 0 Å². The average Bonchev–Trinajstić information content (AvgIpc) is 2.75. The molecule has 1 aromatic rings. The van der Waals surface area contributed by atoms with Gasteiger partial charge in [-0.15, -0.1) is 0 Å². The topological polar surface area (TPSA) is 43.3 Å². The van der Waals surface area contributed by atoms with Gasteiger partial charge < -0.3 is 14.6 Å². The number of carbonyl (C=O) groups is 1. The summed E-state index contributed by atoms with van der Waals surface area (Å²) in [6, 6.07) is 2.11. The number of ether oxygens (including phenoxy) is 1. The van der Waals surface area contributed by atoms with Crippen molar-refractivity contribution < 1.29 is 9.53 Å². The maximum Gasteiger partial charge on any atom is 0.267 e. The summed E-state index contributed by atoms with van der Waals surface area (Å²) in [5.41, 5.74) is 0.690. The molecule has 0 atom stereocenters. The molecule has 0 aliphatic rings. The van der Waals surface area contributed by atoms with Crippen LogP contribution in [0.4, 0.5) is 0 Å². The van der Waals surface area contributed by atoms with E-state index < -0.39 is 0 Å². The van der Waals surface area contributed by atoms with E-state index in [-0.39, 0.29) is 11.9 Å². The molecular formula is C15H25BrN2O2. The largest absolute Gasteiger partial charge is 0.381 e. The van der Waals surface area contributed by atoms with E-state index in [0.29, 0.717) is 24.8 Å². The molecule has 0 saturated heterocycles. The highest BCUT2D eigenvalue weighted by molar-refractivity contribution is 9.10. The minimum Gasteiger partial charge on any atom is -0.381 e. The predicted octanol–water partition coefficient (Wildman–Crippen LogP) is 3.62. The summed E-state index contributed by atoms with van der Waals surface area (Å²) < 4.78 is 8.38. The minimum absolute atomic E-state index is 0.0340. The number of rotatable bonds is 8. The maximum absolute atomic E-state index is 12.1. The summed E-state index contributed by atoms with van der Waals surface area (Å²) in [6.45, 7) is 10.5. The molecule has 114 valence electrons. The highest BCUT2D eigenvalue weighted by atomic mass is 79.9. The Labute approximate surface area is 130 Å². The van der Waals surface area contributed by atoms with Crippen molar-refractivity contribution in [3.63, 3.8) is 0 Å². The van der Waals surface area contributed by atoms with E-state index in [1.54, 1.807) is 0 Å². The summed E-state index contributed by atoms with van der Waals surface area (Å²) in [5, 5.41) is 2.94. The van der Waals surface area contributed by atoms with Gasteiger partial charge in [-0.3, -0.25) is 4.79 Å². The Bertz CT molecular complexity index is 428. The van der Waals surface area contributed by atoms with Crippen molar-refractivity contribution in [3.05, 3.63) is 22.4 Å². The van der Waals surface area contributed by atoms with Crippen LogP contribution in [-0.4, -0.2) is 30.2 Å². The third-order valence-corrected chi connectivity index (χ3v) is 3.24. The molecule has 1 aromatic heterocycles. The SMILES string of the molecule is CC(C)COCCCNC(=O)c1cc(Br)cn1C(C)C. The number of amides is 1. The van der Waals surface area contributed by atoms with Crippen molar-refractivity contribution in [2.75, 3.05) is 19.8 Å². The van der Waals surface area contributed by atoms with Crippen molar-refractivity contribution in [1.82, 2.24) is 9.88 Å². The van der Waals surface area contributed by atoms with Crippen LogP contribution in [0.25, 0.3) is 0 Å². The number of aromatic nitrogens is 1. The van der Waals surface area contributed by atoms with Gasteiger partial charge in [0.2, 0.25) is 0 Å². The number of nitrogens with one attached hydrogen (secondary N) is 1. The normalized spacial score (nSPS) is 11.3. The van der Waals surface area contributed by atoms with E-state index >= 15 is 0 Å². The zero-order valence-corrected chi connectivity index (χ0v) is 14.4. The van der Waals surface area contributed by atoms with Crippen LogP contribution in [0.3, 0.4) is 0 Å². The number of carbonyl (C=O) groups excluding carboxylic acids is 1. The monoisotopic (exact) mass is 344 g/mol. The van der Waals surface area contributed by atoms with Gasteiger partial charge in [0.05, 0.1) is 0 Å². The minimum atomic E-state index is -0.0340. The molecule has 0 aliphatic carbocycles. The average molecular weight is 345 g/mol. The molecule has 0 aromatic carbocycles. The van der Waals surface area contributed by atoms with Crippen LogP contribution in [0.5, 0.6) is 0 Å². The smallest absolute Gasteiger partial charge is 0.267 e. The summed E-state index contributed by atoms with van der Waals surface area (Å²) in [5.74, 6) is 0.518. The van der Waals surface area contributed by atoms with E-state index in [2.05, 4.69) is 48.9 Å². The molecule has 0 saturated carbocycles. The Morgan fingerprint density at radius 2 is 2.10 bits per heavy atom. The van der Waals surface area contributed by atoms with Crippen LogP contribution in [0.15, 0.2) is 16.7 Å². The quantitative estimate of drug-likeness (QED) is 0.731. The van der Waals surface area contributed by atoms with Gasteiger partial charge in [0, 0.05) is 36.5 Å². The third-order valence-electron chi connectivity index (χ3n) is 2.81. The third kappa shape index (κ3) is 5.67. The lowest BCUT2D eigenvalue weighted by Crippen LogP contribution is -2.27. The fourth-order valence-corrected chi connectivity index (χ4v) is 2.28. The van der Waals surface area contributed by atoms with Gasteiger partial charge in [-0.25, -0.2) is 0 Å². The van der Waals surface area contributed by atoms with Crippen molar-refractivity contribution in [1.29, 1.82) is 0 Å². The Kier molecular flexibility index (Phi) is 7.30. The van der Waals surface area contributed by atoms with E-state index in [1.807, 2.05) is 16.8 Å². The molecule has 0 bridgehead atoms. The summed E-state index contributed by atoms with van der Waals surface area (Å²) in [6.07, 6.45) is 2.77. The lowest BCUT2D eigenvalue weighted by Gasteiger charge is -2.13. The fraction of sp³-hybridized carbons (Fsp3) is 0.667.